The van der Waals surface area contributed by atoms with Crippen molar-refractivity contribution in [2.75, 3.05) is 7.05 Å². The molecular formula is C16H17BrIN. The van der Waals surface area contributed by atoms with Crippen LogP contribution in [-0.4, -0.2) is 7.05 Å². The summed E-state index contributed by atoms with van der Waals surface area (Å²) in [6.45, 7) is 2.13. The van der Waals surface area contributed by atoms with Crippen LogP contribution in [0.15, 0.2) is 46.9 Å². The van der Waals surface area contributed by atoms with Gasteiger partial charge in [-0.3, -0.25) is 0 Å². The maximum Gasteiger partial charge on any atom is 0.0369 e. The first-order valence-electron chi connectivity index (χ1n) is 6.28. The molecule has 3 heteroatoms. The molecule has 0 aliphatic heterocycles. The molecule has 1 nitrogen and oxygen atoms in total. The van der Waals surface area contributed by atoms with Gasteiger partial charge in [0.2, 0.25) is 0 Å². The summed E-state index contributed by atoms with van der Waals surface area (Å²) in [6, 6.07) is 15.5. The van der Waals surface area contributed by atoms with Crippen molar-refractivity contribution in [2.24, 2.45) is 0 Å². The molecule has 0 aliphatic carbocycles. The predicted octanol–water partition coefficient (Wildman–Crippen LogP) is 4.87. The highest BCUT2D eigenvalue weighted by Crippen LogP contribution is 2.28. The third-order valence-corrected chi connectivity index (χ3v) is 5.10. The zero-order chi connectivity index (χ0) is 13.8. The molecule has 0 aliphatic rings. The van der Waals surface area contributed by atoms with E-state index in [2.05, 4.69) is 93.2 Å². The van der Waals surface area contributed by atoms with Crippen molar-refractivity contribution in [3.05, 3.63) is 67.2 Å². The van der Waals surface area contributed by atoms with E-state index in [1.54, 1.807) is 0 Å². The van der Waals surface area contributed by atoms with Gasteiger partial charge >= 0.3 is 0 Å². The number of halogens is 2. The van der Waals surface area contributed by atoms with E-state index >= 15 is 0 Å². The van der Waals surface area contributed by atoms with Crippen molar-refractivity contribution in [1.82, 2.24) is 5.32 Å². The summed E-state index contributed by atoms with van der Waals surface area (Å²) in [7, 11) is 2.02. The molecule has 1 atom stereocenters. The molecule has 0 saturated heterocycles. The maximum absolute atomic E-state index is 3.71. The largest absolute Gasteiger partial charge is 0.313 e. The molecule has 0 heterocycles. The molecule has 0 fully saturated rings. The Hall–Kier alpha value is -0.390. The Morgan fingerprint density at radius 3 is 2.47 bits per heavy atom. The summed E-state index contributed by atoms with van der Waals surface area (Å²) in [6.07, 6.45) is 0.996. The lowest BCUT2D eigenvalue weighted by Crippen LogP contribution is -2.19. The lowest BCUT2D eigenvalue weighted by molar-refractivity contribution is 0.589. The van der Waals surface area contributed by atoms with E-state index in [1.807, 2.05) is 7.05 Å². The standard InChI is InChI=1S/C16H17BrIN/c1-11-4-3-5-14(16(11)17)15(19-2)10-12-6-8-13(18)9-7-12/h3-9,15,19H,10H2,1-2H3. The van der Waals surface area contributed by atoms with E-state index in [4.69, 9.17) is 0 Å². The molecule has 1 N–H and O–H groups in total. The second-order valence-corrected chi connectivity index (χ2v) is 6.69. The Balaban J connectivity index is 2.25. The number of aryl methyl sites for hydroxylation is 1. The van der Waals surface area contributed by atoms with Crippen molar-refractivity contribution in [3.8, 4) is 0 Å². The van der Waals surface area contributed by atoms with Gasteiger partial charge in [0.25, 0.3) is 0 Å². The summed E-state index contributed by atoms with van der Waals surface area (Å²) >= 11 is 6.04. The number of rotatable bonds is 4. The fraction of sp³-hybridized carbons (Fsp3) is 0.250. The van der Waals surface area contributed by atoms with Crippen LogP contribution in [0.3, 0.4) is 0 Å². The van der Waals surface area contributed by atoms with Crippen LogP contribution < -0.4 is 5.32 Å². The molecule has 0 bridgehead atoms. The molecule has 0 aromatic heterocycles. The molecule has 0 radical (unpaired) electrons. The van der Waals surface area contributed by atoms with Gasteiger partial charge in [-0.1, -0.05) is 46.3 Å². The Morgan fingerprint density at radius 2 is 1.84 bits per heavy atom. The van der Waals surface area contributed by atoms with Crippen LogP contribution in [0.5, 0.6) is 0 Å². The van der Waals surface area contributed by atoms with Crippen LogP contribution in [0.2, 0.25) is 0 Å². The van der Waals surface area contributed by atoms with E-state index in [9.17, 15) is 0 Å². The number of hydrogen-bond donors (Lipinski definition) is 1. The highest BCUT2D eigenvalue weighted by Gasteiger charge is 2.14. The lowest BCUT2D eigenvalue weighted by atomic mass is 9.98. The van der Waals surface area contributed by atoms with Gasteiger partial charge in [-0.15, -0.1) is 0 Å². The normalized spacial score (nSPS) is 12.4. The van der Waals surface area contributed by atoms with Gasteiger partial charge in [0.15, 0.2) is 0 Å². The molecule has 2 rings (SSSR count). The van der Waals surface area contributed by atoms with Gasteiger partial charge in [0, 0.05) is 14.1 Å². The van der Waals surface area contributed by atoms with Crippen molar-refractivity contribution >= 4 is 38.5 Å². The fourth-order valence-electron chi connectivity index (χ4n) is 2.16. The first kappa shape index (κ1) is 15.0. The summed E-state index contributed by atoms with van der Waals surface area (Å²) in [4.78, 5) is 0. The number of benzene rings is 2. The number of hydrogen-bond acceptors (Lipinski definition) is 1. The lowest BCUT2D eigenvalue weighted by Gasteiger charge is -2.19. The van der Waals surface area contributed by atoms with Crippen LogP contribution in [0, 0.1) is 10.5 Å². The Bertz CT molecular complexity index is 551. The van der Waals surface area contributed by atoms with E-state index < -0.39 is 0 Å². The van der Waals surface area contributed by atoms with Crippen molar-refractivity contribution in [1.29, 1.82) is 0 Å². The monoisotopic (exact) mass is 429 g/mol. The molecule has 0 amide bonds. The first-order valence-corrected chi connectivity index (χ1v) is 8.15. The predicted molar refractivity (Wildman–Crippen MR) is 93.5 cm³/mol. The third kappa shape index (κ3) is 3.80. The van der Waals surface area contributed by atoms with Crippen LogP contribution in [0.4, 0.5) is 0 Å². The van der Waals surface area contributed by atoms with E-state index in [1.165, 1.54) is 24.7 Å². The van der Waals surface area contributed by atoms with Gasteiger partial charge in [-0.2, -0.15) is 0 Å². The molecule has 0 spiro atoms. The van der Waals surface area contributed by atoms with Crippen molar-refractivity contribution in [3.63, 3.8) is 0 Å². The fourth-order valence-corrected chi connectivity index (χ4v) is 3.06. The zero-order valence-electron chi connectivity index (χ0n) is 11.1. The molecule has 1 unspecified atom stereocenters. The molecule has 2 aromatic carbocycles. The van der Waals surface area contributed by atoms with E-state index in [0.29, 0.717) is 6.04 Å². The third-order valence-electron chi connectivity index (χ3n) is 3.30. The maximum atomic E-state index is 3.71. The summed E-state index contributed by atoms with van der Waals surface area (Å²) in [5, 5.41) is 3.42. The number of nitrogens with one attached hydrogen (secondary N) is 1. The van der Waals surface area contributed by atoms with Crippen LogP contribution in [0.25, 0.3) is 0 Å². The SMILES string of the molecule is CNC(Cc1ccc(I)cc1)c1cccc(C)c1Br. The Kier molecular flexibility index (Phi) is 5.42. The second kappa shape index (κ2) is 6.86. The molecule has 100 valence electrons. The Labute approximate surface area is 137 Å². The van der Waals surface area contributed by atoms with Gasteiger partial charge in [-0.05, 0) is 71.8 Å². The van der Waals surface area contributed by atoms with Crippen LogP contribution in [0.1, 0.15) is 22.7 Å². The summed E-state index contributed by atoms with van der Waals surface area (Å²) in [5.41, 5.74) is 3.95. The van der Waals surface area contributed by atoms with Gasteiger partial charge < -0.3 is 5.32 Å². The minimum absolute atomic E-state index is 0.328. The van der Waals surface area contributed by atoms with Crippen molar-refractivity contribution in [2.45, 2.75) is 19.4 Å². The van der Waals surface area contributed by atoms with E-state index in [0.717, 1.165) is 6.42 Å². The summed E-state index contributed by atoms with van der Waals surface area (Å²) < 4.78 is 2.49. The average Bonchev–Trinajstić information content (AvgIpc) is 2.42. The minimum Gasteiger partial charge on any atom is -0.313 e. The Morgan fingerprint density at radius 1 is 1.16 bits per heavy atom. The molecule has 19 heavy (non-hydrogen) atoms. The van der Waals surface area contributed by atoms with Crippen LogP contribution in [-0.2, 0) is 6.42 Å². The highest BCUT2D eigenvalue weighted by atomic mass is 127. The zero-order valence-corrected chi connectivity index (χ0v) is 14.8. The minimum atomic E-state index is 0.328. The highest BCUT2D eigenvalue weighted by molar-refractivity contribution is 14.1. The molecular weight excluding hydrogens is 413 g/mol. The average molecular weight is 430 g/mol. The van der Waals surface area contributed by atoms with Gasteiger partial charge in [0.1, 0.15) is 0 Å². The second-order valence-electron chi connectivity index (χ2n) is 4.65. The summed E-state index contributed by atoms with van der Waals surface area (Å²) in [5.74, 6) is 0. The smallest absolute Gasteiger partial charge is 0.0369 e. The number of likely N-dealkylation sites (N-methyl/N-ethyl adjacent to an activating group) is 1. The van der Waals surface area contributed by atoms with E-state index in [-0.39, 0.29) is 0 Å². The van der Waals surface area contributed by atoms with Gasteiger partial charge in [0.05, 0.1) is 0 Å². The topological polar surface area (TPSA) is 12.0 Å². The molecule has 0 saturated carbocycles. The quantitative estimate of drug-likeness (QED) is 0.684. The van der Waals surface area contributed by atoms with Gasteiger partial charge in [-0.25, -0.2) is 0 Å². The van der Waals surface area contributed by atoms with Crippen molar-refractivity contribution < 1.29 is 0 Å². The van der Waals surface area contributed by atoms with Crippen LogP contribution >= 0.6 is 38.5 Å². The first-order chi connectivity index (χ1) is 9.11. The molecule has 2 aromatic rings.